The number of amides is 1. The zero-order valence-corrected chi connectivity index (χ0v) is 18.1. The van der Waals surface area contributed by atoms with E-state index in [4.69, 9.17) is 18.9 Å². The Morgan fingerprint density at radius 1 is 1.13 bits per heavy atom. The zero-order valence-electron chi connectivity index (χ0n) is 17.3. The molecule has 0 bridgehead atoms. The number of nitrogens with one attached hydrogen (secondary N) is 1. The Kier molecular flexibility index (Phi) is 5.69. The maximum Gasteiger partial charge on any atom is 0.256 e. The summed E-state index contributed by atoms with van der Waals surface area (Å²) in [5, 5.41) is 13.1. The summed E-state index contributed by atoms with van der Waals surface area (Å²) in [6.07, 6.45) is 0.619. The Bertz CT molecular complexity index is 1200. The molecule has 0 saturated heterocycles. The third kappa shape index (κ3) is 4.00. The van der Waals surface area contributed by atoms with E-state index in [0.717, 1.165) is 21.8 Å². The van der Waals surface area contributed by atoms with E-state index in [1.807, 2.05) is 25.1 Å². The smallest absolute Gasteiger partial charge is 0.256 e. The van der Waals surface area contributed by atoms with Crippen LogP contribution < -0.4 is 24.3 Å². The molecule has 0 radical (unpaired) electrons. The maximum atomic E-state index is 12.8. The molecule has 3 aromatic rings. The van der Waals surface area contributed by atoms with Crippen LogP contribution in [-0.4, -0.2) is 26.9 Å². The lowest BCUT2D eigenvalue weighted by atomic mass is 10.1. The van der Waals surface area contributed by atoms with Crippen LogP contribution in [0.15, 0.2) is 36.4 Å². The van der Waals surface area contributed by atoms with Crippen LogP contribution in [0.3, 0.4) is 0 Å². The molecule has 2 heterocycles. The Morgan fingerprint density at radius 3 is 2.65 bits per heavy atom. The van der Waals surface area contributed by atoms with E-state index in [1.54, 1.807) is 18.2 Å². The highest BCUT2D eigenvalue weighted by molar-refractivity contribution is 7.16. The number of nitrogens with zero attached hydrogens (tertiary/aromatic N) is 1. The van der Waals surface area contributed by atoms with E-state index >= 15 is 0 Å². The highest BCUT2D eigenvalue weighted by Gasteiger charge is 2.20. The number of benzene rings is 2. The average molecular weight is 436 g/mol. The number of methoxy groups -OCH3 is 2. The van der Waals surface area contributed by atoms with Crippen molar-refractivity contribution in [2.24, 2.45) is 0 Å². The maximum absolute atomic E-state index is 12.8. The van der Waals surface area contributed by atoms with Gasteiger partial charge in [0.1, 0.15) is 11.1 Å². The van der Waals surface area contributed by atoms with Gasteiger partial charge in [-0.25, -0.2) is 0 Å². The van der Waals surface area contributed by atoms with Crippen LogP contribution >= 0.6 is 11.3 Å². The van der Waals surface area contributed by atoms with Crippen molar-refractivity contribution in [3.8, 4) is 29.1 Å². The van der Waals surface area contributed by atoms with Gasteiger partial charge in [0.25, 0.3) is 5.91 Å². The fraction of sp³-hybridized carbons (Fsp3) is 0.217. The first-order valence-electron chi connectivity index (χ1n) is 9.48. The third-order valence-corrected chi connectivity index (χ3v) is 6.24. The molecule has 1 aliphatic heterocycles. The average Bonchev–Trinajstić information content (AvgIpc) is 3.36. The summed E-state index contributed by atoms with van der Waals surface area (Å²) in [6, 6.07) is 12.9. The van der Waals surface area contributed by atoms with Crippen LogP contribution in [0.2, 0.25) is 0 Å². The van der Waals surface area contributed by atoms with Crippen LogP contribution in [0.5, 0.6) is 23.0 Å². The molecular formula is C23H20N2O5S. The van der Waals surface area contributed by atoms with Crippen molar-refractivity contribution in [1.29, 1.82) is 5.26 Å². The Morgan fingerprint density at radius 2 is 1.90 bits per heavy atom. The molecule has 1 amide bonds. The molecular weight excluding hydrogens is 416 g/mol. The Labute approximate surface area is 183 Å². The van der Waals surface area contributed by atoms with E-state index in [9.17, 15) is 10.1 Å². The van der Waals surface area contributed by atoms with Crippen molar-refractivity contribution >= 4 is 22.2 Å². The lowest BCUT2D eigenvalue weighted by Gasteiger charge is -2.09. The molecule has 1 aliphatic rings. The predicted molar refractivity (Wildman–Crippen MR) is 117 cm³/mol. The number of rotatable bonds is 6. The van der Waals surface area contributed by atoms with Crippen LogP contribution in [0.25, 0.3) is 0 Å². The van der Waals surface area contributed by atoms with Crippen molar-refractivity contribution in [2.45, 2.75) is 13.3 Å². The summed E-state index contributed by atoms with van der Waals surface area (Å²) in [5.41, 5.74) is 2.77. The van der Waals surface area contributed by atoms with Crippen molar-refractivity contribution in [2.75, 3.05) is 26.3 Å². The molecule has 4 rings (SSSR count). The second-order valence-corrected chi connectivity index (χ2v) is 7.96. The van der Waals surface area contributed by atoms with Gasteiger partial charge in [0.05, 0.1) is 19.8 Å². The topological polar surface area (TPSA) is 89.8 Å². The van der Waals surface area contributed by atoms with Gasteiger partial charge in [0.2, 0.25) is 6.79 Å². The third-order valence-electron chi connectivity index (χ3n) is 5.03. The number of hydrogen-bond acceptors (Lipinski definition) is 7. The zero-order chi connectivity index (χ0) is 22.0. The lowest BCUT2D eigenvalue weighted by molar-refractivity contribution is 0.102. The molecule has 0 spiro atoms. The highest BCUT2D eigenvalue weighted by Crippen LogP contribution is 2.37. The van der Waals surface area contributed by atoms with Crippen molar-refractivity contribution in [3.63, 3.8) is 0 Å². The minimum atomic E-state index is -0.326. The molecule has 8 heteroatoms. The summed E-state index contributed by atoms with van der Waals surface area (Å²) in [4.78, 5) is 13.8. The van der Waals surface area contributed by atoms with E-state index < -0.39 is 0 Å². The molecule has 0 aliphatic carbocycles. The second kappa shape index (κ2) is 8.58. The quantitative estimate of drug-likeness (QED) is 0.611. The van der Waals surface area contributed by atoms with Gasteiger partial charge in [-0.15, -0.1) is 11.3 Å². The number of thiophene rings is 1. The Hall–Kier alpha value is -3.70. The minimum Gasteiger partial charge on any atom is -0.493 e. The molecule has 1 aromatic heterocycles. The summed E-state index contributed by atoms with van der Waals surface area (Å²) in [7, 11) is 3.05. The van der Waals surface area contributed by atoms with Gasteiger partial charge in [-0.05, 0) is 48.4 Å². The van der Waals surface area contributed by atoms with E-state index in [-0.39, 0.29) is 12.7 Å². The number of hydrogen-bond donors (Lipinski definition) is 1. The molecule has 0 atom stereocenters. The summed E-state index contributed by atoms with van der Waals surface area (Å²) in [6.45, 7) is 2.12. The first-order valence-corrected chi connectivity index (χ1v) is 10.3. The van der Waals surface area contributed by atoms with Gasteiger partial charge in [-0.1, -0.05) is 6.07 Å². The van der Waals surface area contributed by atoms with Gasteiger partial charge < -0.3 is 24.3 Å². The number of nitriles is 1. The summed E-state index contributed by atoms with van der Waals surface area (Å²) in [5.74, 6) is 2.12. The molecule has 0 unspecified atom stereocenters. The van der Waals surface area contributed by atoms with Crippen molar-refractivity contribution in [1.82, 2.24) is 0 Å². The van der Waals surface area contributed by atoms with Crippen LogP contribution in [0.1, 0.15) is 31.9 Å². The first kappa shape index (κ1) is 20.6. The molecule has 31 heavy (non-hydrogen) atoms. The SMILES string of the molecule is COc1ccc(C(=O)Nc2sc(Cc3ccc4c(c3)OCO4)c(C)c2C#N)cc1OC. The predicted octanol–water partition coefficient (Wildman–Crippen LogP) is 4.52. The summed E-state index contributed by atoms with van der Waals surface area (Å²) >= 11 is 1.40. The van der Waals surface area contributed by atoms with E-state index in [0.29, 0.717) is 39.8 Å². The van der Waals surface area contributed by atoms with Gasteiger partial charge in [0, 0.05) is 16.9 Å². The molecule has 2 aromatic carbocycles. The fourth-order valence-corrected chi connectivity index (χ4v) is 4.53. The second-order valence-electron chi connectivity index (χ2n) is 6.85. The van der Waals surface area contributed by atoms with Crippen LogP contribution in [0.4, 0.5) is 5.00 Å². The minimum absolute atomic E-state index is 0.224. The summed E-state index contributed by atoms with van der Waals surface area (Å²) < 4.78 is 21.3. The molecule has 7 nitrogen and oxygen atoms in total. The van der Waals surface area contributed by atoms with E-state index in [2.05, 4.69) is 11.4 Å². The Balaban J connectivity index is 1.58. The normalized spacial score (nSPS) is 11.7. The highest BCUT2D eigenvalue weighted by atomic mass is 32.1. The van der Waals surface area contributed by atoms with Crippen molar-refractivity contribution in [3.05, 3.63) is 63.5 Å². The van der Waals surface area contributed by atoms with Gasteiger partial charge in [0.15, 0.2) is 23.0 Å². The number of carbonyl (C=O) groups excluding carboxylic acids is 1. The van der Waals surface area contributed by atoms with E-state index in [1.165, 1.54) is 25.6 Å². The van der Waals surface area contributed by atoms with Crippen LogP contribution in [-0.2, 0) is 6.42 Å². The number of fused-ring (bicyclic) bond motifs is 1. The number of anilines is 1. The molecule has 0 saturated carbocycles. The molecule has 1 N–H and O–H groups in total. The van der Waals surface area contributed by atoms with Crippen molar-refractivity contribution < 1.29 is 23.7 Å². The number of carbonyl (C=O) groups is 1. The van der Waals surface area contributed by atoms with Gasteiger partial charge >= 0.3 is 0 Å². The first-order chi connectivity index (χ1) is 15.0. The van der Waals surface area contributed by atoms with Gasteiger partial charge in [-0.2, -0.15) is 5.26 Å². The fourth-order valence-electron chi connectivity index (χ4n) is 3.34. The monoisotopic (exact) mass is 436 g/mol. The standard InChI is InChI=1S/C23H20N2O5S/c1-13-16(11-24)23(25-22(26)15-5-7-17(27-2)19(10-15)28-3)31-21(13)9-14-4-6-18-20(8-14)30-12-29-18/h4-8,10H,9,12H2,1-3H3,(H,25,26). The largest absolute Gasteiger partial charge is 0.493 e. The number of ether oxygens (including phenoxy) is 4. The van der Waals surface area contributed by atoms with Crippen LogP contribution in [0, 0.1) is 18.3 Å². The van der Waals surface area contributed by atoms with Gasteiger partial charge in [-0.3, -0.25) is 4.79 Å². The molecule has 158 valence electrons. The molecule has 0 fully saturated rings. The lowest BCUT2D eigenvalue weighted by Crippen LogP contribution is -2.12.